The quantitative estimate of drug-likeness (QED) is 0.452. The van der Waals surface area contributed by atoms with Crippen molar-refractivity contribution in [2.45, 2.75) is 26.4 Å². The molecule has 1 heterocycles. The predicted octanol–water partition coefficient (Wildman–Crippen LogP) is 3.44. The Morgan fingerprint density at radius 2 is 1.58 bits per heavy atom. The second-order valence-electron chi connectivity index (χ2n) is 7.58. The second kappa shape index (κ2) is 9.99. The first kappa shape index (κ1) is 22.1. The summed E-state index contributed by atoms with van der Waals surface area (Å²) < 4.78 is 7.97. The minimum atomic E-state index is -0.503. The van der Waals surface area contributed by atoms with Gasteiger partial charge < -0.3 is 10.1 Å². The molecule has 0 unspecified atom stereocenters. The van der Waals surface area contributed by atoms with E-state index in [9.17, 15) is 14.4 Å². The number of ether oxygens (including phenoxy) is 1. The molecule has 0 atom stereocenters. The van der Waals surface area contributed by atoms with Gasteiger partial charge in [0.05, 0.1) is 17.5 Å². The van der Waals surface area contributed by atoms with Gasteiger partial charge in [0.2, 0.25) is 5.91 Å². The zero-order valence-corrected chi connectivity index (χ0v) is 18.4. The van der Waals surface area contributed by atoms with E-state index in [4.69, 9.17) is 4.74 Å². The Morgan fingerprint density at radius 3 is 2.30 bits per heavy atom. The molecular formula is C26H25N3O4. The Kier molecular flexibility index (Phi) is 6.69. The van der Waals surface area contributed by atoms with Crippen LogP contribution >= 0.6 is 0 Å². The van der Waals surface area contributed by atoms with Crippen molar-refractivity contribution in [3.05, 3.63) is 105 Å². The van der Waals surface area contributed by atoms with Crippen LogP contribution in [0.25, 0.3) is 10.9 Å². The molecule has 0 aliphatic rings. The zero-order valence-electron chi connectivity index (χ0n) is 18.4. The van der Waals surface area contributed by atoms with Gasteiger partial charge in [-0.3, -0.25) is 18.7 Å². The molecule has 7 nitrogen and oxygen atoms in total. The Hall–Kier alpha value is -4.13. The smallest absolute Gasteiger partial charge is 0.331 e. The van der Waals surface area contributed by atoms with Crippen molar-refractivity contribution < 1.29 is 9.53 Å². The van der Waals surface area contributed by atoms with Crippen molar-refractivity contribution in [1.29, 1.82) is 0 Å². The summed E-state index contributed by atoms with van der Waals surface area (Å²) in [6, 6.07) is 23.5. The Morgan fingerprint density at radius 1 is 0.879 bits per heavy atom. The van der Waals surface area contributed by atoms with Crippen LogP contribution in [0, 0.1) is 0 Å². The average Bonchev–Trinajstić information content (AvgIpc) is 2.84. The van der Waals surface area contributed by atoms with E-state index in [0.717, 1.165) is 5.56 Å². The molecule has 4 rings (SSSR count). The highest BCUT2D eigenvalue weighted by Crippen LogP contribution is 2.16. The van der Waals surface area contributed by atoms with E-state index in [1.54, 1.807) is 48.5 Å². The van der Waals surface area contributed by atoms with Gasteiger partial charge in [0, 0.05) is 12.2 Å². The molecule has 168 valence electrons. The molecule has 1 N–H and O–H groups in total. The molecule has 1 amide bonds. The lowest BCUT2D eigenvalue weighted by Gasteiger charge is -2.14. The fourth-order valence-corrected chi connectivity index (χ4v) is 3.75. The van der Waals surface area contributed by atoms with Crippen LogP contribution in [-0.2, 0) is 24.3 Å². The molecule has 0 bridgehead atoms. The molecule has 0 aliphatic carbocycles. The van der Waals surface area contributed by atoms with Crippen LogP contribution in [0.4, 0.5) is 5.69 Å². The van der Waals surface area contributed by atoms with Crippen molar-refractivity contribution in [3.63, 3.8) is 0 Å². The Balaban J connectivity index is 1.62. The second-order valence-corrected chi connectivity index (χ2v) is 7.58. The van der Waals surface area contributed by atoms with Gasteiger partial charge in [-0.15, -0.1) is 0 Å². The number of aryl methyl sites for hydroxylation is 1. The van der Waals surface area contributed by atoms with Gasteiger partial charge in [-0.1, -0.05) is 42.5 Å². The number of aromatic nitrogens is 2. The minimum absolute atomic E-state index is 0.210. The summed E-state index contributed by atoms with van der Waals surface area (Å²) in [5.41, 5.74) is 1.20. The first-order valence-electron chi connectivity index (χ1n) is 10.9. The summed E-state index contributed by atoms with van der Waals surface area (Å²) in [4.78, 5) is 39.1. The standard InChI is InChI=1S/C26H25N3O4/c1-2-33-21-14-12-20(13-15-21)27-24(30)18-29-23-11-7-6-10-22(23)25(31)28(26(29)32)17-16-19-8-4-3-5-9-19/h3-15H,2,16-18H2,1H3,(H,27,30). The van der Waals surface area contributed by atoms with Crippen molar-refractivity contribution in [2.75, 3.05) is 11.9 Å². The topological polar surface area (TPSA) is 82.3 Å². The lowest BCUT2D eigenvalue weighted by molar-refractivity contribution is -0.116. The number of fused-ring (bicyclic) bond motifs is 1. The first-order valence-corrected chi connectivity index (χ1v) is 10.9. The van der Waals surface area contributed by atoms with Gasteiger partial charge in [-0.25, -0.2) is 4.79 Å². The maximum atomic E-state index is 13.3. The monoisotopic (exact) mass is 443 g/mol. The first-order chi connectivity index (χ1) is 16.1. The molecule has 1 aromatic heterocycles. The highest BCUT2D eigenvalue weighted by Gasteiger charge is 2.15. The van der Waals surface area contributed by atoms with E-state index in [2.05, 4.69) is 5.32 Å². The van der Waals surface area contributed by atoms with Gasteiger partial charge in [0.15, 0.2) is 0 Å². The third-order valence-corrected chi connectivity index (χ3v) is 5.35. The van der Waals surface area contributed by atoms with Crippen LogP contribution in [0.15, 0.2) is 88.5 Å². The lowest BCUT2D eigenvalue weighted by Crippen LogP contribution is -2.42. The highest BCUT2D eigenvalue weighted by molar-refractivity contribution is 5.91. The number of benzene rings is 3. The summed E-state index contributed by atoms with van der Waals surface area (Å²) >= 11 is 0. The molecule has 33 heavy (non-hydrogen) atoms. The predicted molar refractivity (Wildman–Crippen MR) is 129 cm³/mol. The molecule has 7 heteroatoms. The third-order valence-electron chi connectivity index (χ3n) is 5.35. The molecule has 4 aromatic rings. The van der Waals surface area contributed by atoms with E-state index < -0.39 is 5.69 Å². The number of rotatable bonds is 8. The SMILES string of the molecule is CCOc1ccc(NC(=O)Cn2c(=O)n(CCc3ccccc3)c(=O)c3ccccc32)cc1. The van der Waals surface area contributed by atoms with E-state index in [0.29, 0.717) is 35.4 Å². The van der Waals surface area contributed by atoms with E-state index >= 15 is 0 Å². The Labute approximate surface area is 190 Å². The van der Waals surface area contributed by atoms with Gasteiger partial charge in [-0.2, -0.15) is 0 Å². The van der Waals surface area contributed by atoms with Crippen molar-refractivity contribution in [2.24, 2.45) is 0 Å². The van der Waals surface area contributed by atoms with Gasteiger partial charge in [-0.05, 0) is 55.3 Å². The molecule has 0 spiro atoms. The number of anilines is 1. The number of nitrogens with zero attached hydrogens (tertiary/aromatic N) is 2. The minimum Gasteiger partial charge on any atom is -0.494 e. The van der Waals surface area contributed by atoms with E-state index in [1.165, 1.54) is 9.13 Å². The van der Waals surface area contributed by atoms with Crippen molar-refractivity contribution in [1.82, 2.24) is 9.13 Å². The van der Waals surface area contributed by atoms with Gasteiger partial charge >= 0.3 is 5.69 Å². The molecule has 3 aromatic carbocycles. The van der Waals surface area contributed by atoms with E-state index in [-0.39, 0.29) is 24.6 Å². The van der Waals surface area contributed by atoms with Crippen LogP contribution in [0.3, 0.4) is 0 Å². The largest absolute Gasteiger partial charge is 0.494 e. The molecule has 0 saturated heterocycles. The Bertz CT molecular complexity index is 1370. The number of carbonyl (C=O) groups excluding carboxylic acids is 1. The molecule has 0 aliphatic heterocycles. The zero-order chi connectivity index (χ0) is 23.2. The van der Waals surface area contributed by atoms with Crippen LogP contribution < -0.4 is 21.3 Å². The maximum Gasteiger partial charge on any atom is 0.331 e. The average molecular weight is 444 g/mol. The highest BCUT2D eigenvalue weighted by atomic mass is 16.5. The van der Waals surface area contributed by atoms with Gasteiger partial charge in [0.25, 0.3) is 5.56 Å². The fourth-order valence-electron chi connectivity index (χ4n) is 3.75. The van der Waals surface area contributed by atoms with E-state index in [1.807, 2.05) is 37.3 Å². The number of carbonyl (C=O) groups is 1. The van der Waals surface area contributed by atoms with Crippen LogP contribution in [0.1, 0.15) is 12.5 Å². The molecule has 0 saturated carbocycles. The van der Waals surface area contributed by atoms with Crippen LogP contribution in [0.2, 0.25) is 0 Å². The summed E-state index contributed by atoms with van der Waals surface area (Å²) in [6.45, 7) is 2.48. The summed E-state index contributed by atoms with van der Waals surface area (Å²) in [6.07, 6.45) is 0.534. The van der Waals surface area contributed by atoms with Crippen molar-refractivity contribution >= 4 is 22.5 Å². The molecular weight excluding hydrogens is 418 g/mol. The summed E-state index contributed by atoms with van der Waals surface area (Å²) in [5.74, 6) is 0.350. The van der Waals surface area contributed by atoms with Crippen LogP contribution in [0.5, 0.6) is 5.75 Å². The fraction of sp³-hybridized carbons (Fsp3) is 0.192. The number of hydrogen-bond donors (Lipinski definition) is 1. The number of amides is 1. The lowest BCUT2D eigenvalue weighted by atomic mass is 10.1. The van der Waals surface area contributed by atoms with Gasteiger partial charge in [0.1, 0.15) is 12.3 Å². The summed E-state index contributed by atoms with van der Waals surface area (Å²) in [5, 5.41) is 3.20. The third kappa shape index (κ3) is 5.03. The van der Waals surface area contributed by atoms with Crippen LogP contribution in [-0.4, -0.2) is 21.6 Å². The van der Waals surface area contributed by atoms with Crippen molar-refractivity contribution in [3.8, 4) is 5.75 Å². The molecule has 0 radical (unpaired) electrons. The number of para-hydroxylation sites is 1. The normalized spacial score (nSPS) is 10.8. The number of hydrogen-bond acceptors (Lipinski definition) is 4. The summed E-state index contributed by atoms with van der Waals surface area (Å²) in [7, 11) is 0. The number of nitrogens with one attached hydrogen (secondary N) is 1. The maximum absolute atomic E-state index is 13.3. The molecule has 0 fully saturated rings.